The molecule has 4 rings (SSSR count). The first-order valence-electron chi connectivity index (χ1n) is 7.72. The van der Waals surface area contributed by atoms with Crippen LogP contribution < -0.4 is 10.6 Å². The van der Waals surface area contributed by atoms with Crippen LogP contribution in [0.1, 0.15) is 29.7 Å². The van der Waals surface area contributed by atoms with E-state index in [9.17, 15) is 8.42 Å². The minimum absolute atomic E-state index is 0.728. The van der Waals surface area contributed by atoms with E-state index in [1.54, 1.807) is 0 Å². The molecule has 3 N–H and O–H groups in total. The number of nitrogens with one attached hydrogen (secondary N) is 3. The van der Waals surface area contributed by atoms with Gasteiger partial charge in [0.1, 0.15) is 0 Å². The molecule has 1 saturated heterocycles. The number of fused-ring (bicyclic) bond motifs is 3. The summed E-state index contributed by atoms with van der Waals surface area (Å²) in [6.45, 7) is 4.33. The normalized spacial score (nSPS) is 16.7. The van der Waals surface area contributed by atoms with Crippen LogP contribution in [0.2, 0.25) is 0 Å². The zero-order chi connectivity index (χ0) is 15.4. The molecule has 1 aromatic carbocycles. The number of benzene rings is 1. The molecular formula is C16H21N3O2S. The van der Waals surface area contributed by atoms with E-state index in [1.165, 1.54) is 42.6 Å². The molecule has 118 valence electrons. The van der Waals surface area contributed by atoms with Crippen LogP contribution in [0.5, 0.6) is 0 Å². The summed E-state index contributed by atoms with van der Waals surface area (Å²) >= 11 is 0. The Kier molecular flexibility index (Phi) is 4.92. The van der Waals surface area contributed by atoms with Crippen LogP contribution in [0.3, 0.4) is 0 Å². The zero-order valence-corrected chi connectivity index (χ0v) is 13.3. The van der Waals surface area contributed by atoms with E-state index >= 15 is 0 Å². The fraction of sp³-hybridized carbons (Fsp3) is 0.438. The summed E-state index contributed by atoms with van der Waals surface area (Å²) in [5.74, 6) is 0. The van der Waals surface area contributed by atoms with Crippen LogP contribution in [-0.4, -0.2) is 38.4 Å². The Balaban J connectivity index is 0.000000246. The molecule has 6 heteroatoms. The predicted molar refractivity (Wildman–Crippen MR) is 89.9 cm³/mol. The van der Waals surface area contributed by atoms with Gasteiger partial charge in [0, 0.05) is 23.1 Å². The van der Waals surface area contributed by atoms with Crippen LogP contribution in [0.4, 0.5) is 0 Å². The summed E-state index contributed by atoms with van der Waals surface area (Å²) < 4.78 is 21.3. The van der Waals surface area contributed by atoms with Crippen LogP contribution in [0, 0.1) is 0 Å². The molecule has 0 saturated carbocycles. The van der Waals surface area contributed by atoms with Gasteiger partial charge in [-0.2, -0.15) is 8.42 Å². The molecule has 1 aromatic heterocycles. The predicted octanol–water partition coefficient (Wildman–Crippen LogP) is 1.21. The molecule has 2 aliphatic rings. The molecule has 5 nitrogen and oxygen atoms in total. The van der Waals surface area contributed by atoms with Crippen LogP contribution in [-0.2, 0) is 23.3 Å². The average Bonchev–Trinajstić information content (AvgIpc) is 3.17. The van der Waals surface area contributed by atoms with Crippen molar-refractivity contribution in [3.05, 3.63) is 35.0 Å². The first kappa shape index (κ1) is 15.3. The van der Waals surface area contributed by atoms with Crippen molar-refractivity contribution < 1.29 is 8.42 Å². The summed E-state index contributed by atoms with van der Waals surface area (Å²) in [5.41, 5.74) is 4.33. The molecule has 2 aliphatic heterocycles. The Hall–Kier alpha value is -1.63. The van der Waals surface area contributed by atoms with E-state index in [4.69, 9.17) is 0 Å². The van der Waals surface area contributed by atoms with Gasteiger partial charge < -0.3 is 15.6 Å². The lowest BCUT2D eigenvalue weighted by molar-refractivity contribution is 0.627. The van der Waals surface area contributed by atoms with Crippen molar-refractivity contribution in [3.8, 4) is 0 Å². The Labute approximate surface area is 131 Å². The van der Waals surface area contributed by atoms with E-state index in [0.29, 0.717) is 0 Å². The molecule has 1 fully saturated rings. The van der Waals surface area contributed by atoms with Gasteiger partial charge in [0.25, 0.3) is 0 Å². The minimum atomic E-state index is -2.15. The van der Waals surface area contributed by atoms with Crippen molar-refractivity contribution in [2.24, 2.45) is 0 Å². The molecule has 0 amide bonds. The summed E-state index contributed by atoms with van der Waals surface area (Å²) in [6.07, 6.45) is 3.76. The van der Waals surface area contributed by atoms with Crippen molar-refractivity contribution in [2.45, 2.75) is 25.8 Å². The number of hydrogen-bond donors (Lipinski definition) is 3. The van der Waals surface area contributed by atoms with E-state index in [-0.39, 0.29) is 0 Å². The number of aromatic nitrogens is 1. The lowest BCUT2D eigenvalue weighted by atomic mass is 10.0. The Morgan fingerprint density at radius 3 is 2.55 bits per heavy atom. The van der Waals surface area contributed by atoms with Gasteiger partial charge in [-0.1, -0.05) is 6.07 Å². The third-order valence-corrected chi connectivity index (χ3v) is 4.53. The smallest absolute Gasteiger partial charge is 0.214 e. The molecule has 0 spiro atoms. The molecule has 0 unspecified atom stereocenters. The Bertz CT molecular complexity index is 773. The lowest BCUT2D eigenvalue weighted by Crippen LogP contribution is -2.22. The monoisotopic (exact) mass is 319 g/mol. The van der Waals surface area contributed by atoms with Crippen molar-refractivity contribution >= 4 is 26.6 Å². The number of hydrogen-bond acceptors (Lipinski definition) is 4. The van der Waals surface area contributed by atoms with Gasteiger partial charge in [0.05, 0.1) is 5.37 Å². The zero-order valence-electron chi connectivity index (χ0n) is 12.5. The maximum absolute atomic E-state index is 10.7. The van der Waals surface area contributed by atoms with Gasteiger partial charge in [-0.05, 0) is 62.2 Å². The van der Waals surface area contributed by atoms with E-state index in [0.717, 1.165) is 36.0 Å². The molecular weight excluding hydrogens is 298 g/mol. The summed E-state index contributed by atoms with van der Waals surface area (Å²) in [5, 5.41) is 8.91. The van der Waals surface area contributed by atoms with E-state index in [2.05, 4.69) is 15.6 Å². The second-order valence-corrected chi connectivity index (χ2v) is 6.41. The first-order chi connectivity index (χ1) is 10.7. The van der Waals surface area contributed by atoms with Crippen molar-refractivity contribution in [1.29, 1.82) is 0 Å². The number of aromatic amines is 1. The standard InChI is InChI=1S/C12H12N2O2S.C4H9N/c15-17(16)7-8-1-2-11-10(5-8)9-3-4-13-6-12(9)14-11;1-2-4-5-3-1/h1-2,5,7,13-14H,3-4,6H2;5H,1-4H2. The highest BCUT2D eigenvalue weighted by Gasteiger charge is 2.14. The number of rotatable bonds is 1. The average molecular weight is 319 g/mol. The largest absolute Gasteiger partial charge is 0.357 e. The Morgan fingerprint density at radius 2 is 1.86 bits per heavy atom. The highest BCUT2D eigenvalue weighted by molar-refractivity contribution is 7.71. The van der Waals surface area contributed by atoms with Gasteiger partial charge in [0.15, 0.2) is 0 Å². The second-order valence-electron chi connectivity index (χ2n) is 5.65. The third-order valence-electron chi connectivity index (χ3n) is 4.06. The number of H-pyrrole nitrogens is 1. The van der Waals surface area contributed by atoms with E-state index in [1.807, 2.05) is 18.2 Å². The van der Waals surface area contributed by atoms with Crippen LogP contribution in [0.25, 0.3) is 10.9 Å². The molecule has 2 aromatic rings. The fourth-order valence-corrected chi connectivity index (χ4v) is 3.36. The minimum Gasteiger partial charge on any atom is -0.357 e. The van der Waals surface area contributed by atoms with Gasteiger partial charge in [-0.25, -0.2) is 0 Å². The van der Waals surface area contributed by atoms with Gasteiger partial charge in [-0.3, -0.25) is 0 Å². The van der Waals surface area contributed by atoms with Gasteiger partial charge >= 0.3 is 0 Å². The Morgan fingerprint density at radius 1 is 1.05 bits per heavy atom. The van der Waals surface area contributed by atoms with Gasteiger partial charge in [0.2, 0.25) is 10.3 Å². The fourth-order valence-electron chi connectivity index (χ4n) is 2.99. The molecule has 0 bridgehead atoms. The van der Waals surface area contributed by atoms with Crippen molar-refractivity contribution in [2.75, 3.05) is 19.6 Å². The maximum atomic E-state index is 10.7. The SMILES string of the molecule is C1CCNC1.O=S(=O)=Cc1ccc2[nH]c3c(c2c1)CCNC3. The third kappa shape index (κ3) is 3.58. The quantitative estimate of drug-likeness (QED) is 0.691. The maximum Gasteiger partial charge on any atom is 0.214 e. The lowest BCUT2D eigenvalue weighted by Gasteiger charge is -2.12. The topological polar surface area (TPSA) is 74.0 Å². The summed E-state index contributed by atoms with van der Waals surface area (Å²) in [6, 6.07) is 5.69. The van der Waals surface area contributed by atoms with Crippen molar-refractivity contribution in [3.63, 3.8) is 0 Å². The second kappa shape index (κ2) is 7.09. The molecule has 0 atom stereocenters. The molecule has 3 heterocycles. The summed E-state index contributed by atoms with van der Waals surface area (Å²) in [4.78, 5) is 3.37. The summed E-state index contributed by atoms with van der Waals surface area (Å²) in [7, 11) is -2.15. The highest BCUT2D eigenvalue weighted by atomic mass is 32.2. The molecule has 22 heavy (non-hydrogen) atoms. The van der Waals surface area contributed by atoms with E-state index < -0.39 is 10.3 Å². The first-order valence-corrected chi connectivity index (χ1v) is 8.86. The molecule has 0 radical (unpaired) electrons. The highest BCUT2D eigenvalue weighted by Crippen LogP contribution is 2.25. The molecule has 0 aliphatic carbocycles. The van der Waals surface area contributed by atoms with Gasteiger partial charge in [-0.15, -0.1) is 0 Å². The van der Waals surface area contributed by atoms with Crippen LogP contribution >= 0.6 is 0 Å². The van der Waals surface area contributed by atoms with Crippen molar-refractivity contribution in [1.82, 2.24) is 15.6 Å². The van der Waals surface area contributed by atoms with Crippen LogP contribution in [0.15, 0.2) is 18.2 Å².